The highest BCUT2D eigenvalue weighted by Crippen LogP contribution is 2.32. The molecule has 2 heterocycles. The van der Waals surface area contributed by atoms with Crippen molar-refractivity contribution in [3.05, 3.63) is 35.0 Å². The number of halogens is 1. The summed E-state index contributed by atoms with van der Waals surface area (Å²) >= 11 is 6.45. The maximum Gasteiger partial charge on any atom is 0.325 e. The summed E-state index contributed by atoms with van der Waals surface area (Å²) in [5, 5.41) is 6.75. The summed E-state index contributed by atoms with van der Waals surface area (Å²) in [5.74, 6) is -0.358. The van der Waals surface area contributed by atoms with E-state index in [4.69, 9.17) is 16.3 Å². The Labute approximate surface area is 179 Å². The number of sulfonamides is 1. The third kappa shape index (κ3) is 4.29. The van der Waals surface area contributed by atoms with Gasteiger partial charge in [-0.3, -0.25) is 14.6 Å². The van der Waals surface area contributed by atoms with Gasteiger partial charge >= 0.3 is 5.97 Å². The number of carbonyl (C=O) groups excluding carboxylic acids is 1. The van der Waals surface area contributed by atoms with E-state index in [0.717, 1.165) is 5.69 Å². The molecule has 162 valence electrons. The second-order valence-electron chi connectivity index (χ2n) is 7.84. The Morgan fingerprint density at radius 3 is 2.47 bits per heavy atom. The first-order valence-corrected chi connectivity index (χ1v) is 11.3. The molecule has 1 atom stereocenters. The van der Waals surface area contributed by atoms with Crippen LogP contribution in [-0.4, -0.2) is 46.1 Å². The van der Waals surface area contributed by atoms with Gasteiger partial charge in [0.15, 0.2) is 16.7 Å². The smallest absolute Gasteiger partial charge is 0.325 e. The van der Waals surface area contributed by atoms with Crippen molar-refractivity contribution in [2.75, 3.05) is 11.3 Å². The number of nitrogens with one attached hydrogen (secondary N) is 2. The molecule has 30 heavy (non-hydrogen) atoms. The standard InChI is InChI=1S/C19H24ClN5O4S/c1-6-29-18(26)11(2)30(27,28)24-13-9-7-12(8-10-13)16-21-17-14(20)15(19(3,4)5)22-25(17)23-16/h7-11,22,24H,6H2,1-5H3. The van der Waals surface area contributed by atoms with E-state index in [-0.39, 0.29) is 12.0 Å². The number of fused-ring (bicyclic) bond motifs is 1. The van der Waals surface area contributed by atoms with E-state index in [1.54, 1.807) is 31.2 Å². The molecule has 2 N–H and O–H groups in total. The van der Waals surface area contributed by atoms with Crippen LogP contribution in [0.25, 0.3) is 17.0 Å². The van der Waals surface area contributed by atoms with Crippen molar-refractivity contribution >= 4 is 38.9 Å². The highest BCUT2D eigenvalue weighted by atomic mass is 35.5. The number of ether oxygens (including phenoxy) is 1. The van der Waals surface area contributed by atoms with Crippen molar-refractivity contribution in [1.29, 1.82) is 0 Å². The summed E-state index contributed by atoms with van der Waals surface area (Å²) in [6.07, 6.45) is 0. The normalized spacial score (nSPS) is 13.4. The summed E-state index contributed by atoms with van der Waals surface area (Å²) in [6, 6.07) is 6.51. The number of esters is 1. The Bertz CT molecular complexity index is 1180. The fraction of sp³-hybridized carbons (Fsp3) is 0.421. The van der Waals surface area contributed by atoms with Gasteiger partial charge in [0.25, 0.3) is 0 Å². The predicted octanol–water partition coefficient (Wildman–Crippen LogP) is 3.37. The van der Waals surface area contributed by atoms with Crippen LogP contribution < -0.4 is 4.72 Å². The van der Waals surface area contributed by atoms with E-state index in [1.165, 1.54) is 11.6 Å². The molecule has 0 fully saturated rings. The van der Waals surface area contributed by atoms with Gasteiger partial charge in [0.1, 0.15) is 5.02 Å². The zero-order valence-electron chi connectivity index (χ0n) is 17.4. The molecule has 3 aromatic rings. The summed E-state index contributed by atoms with van der Waals surface area (Å²) in [4.78, 5) is 16.2. The Morgan fingerprint density at radius 2 is 1.93 bits per heavy atom. The number of nitrogens with zero attached hydrogens (tertiary/aromatic N) is 3. The number of anilines is 1. The van der Waals surface area contributed by atoms with Gasteiger partial charge in [0.05, 0.1) is 12.3 Å². The number of rotatable bonds is 6. The summed E-state index contributed by atoms with van der Waals surface area (Å²) in [5.41, 5.74) is 2.17. The average Bonchev–Trinajstić information content (AvgIpc) is 3.21. The zero-order chi connectivity index (χ0) is 22.3. The average molecular weight is 454 g/mol. The Kier molecular flexibility index (Phi) is 5.83. The fourth-order valence-electron chi connectivity index (χ4n) is 2.74. The van der Waals surface area contributed by atoms with Gasteiger partial charge < -0.3 is 4.74 Å². The second-order valence-corrected chi connectivity index (χ2v) is 10.2. The van der Waals surface area contributed by atoms with Gasteiger partial charge in [0.2, 0.25) is 10.0 Å². The summed E-state index contributed by atoms with van der Waals surface area (Å²) < 4.78 is 33.4. The molecule has 0 amide bonds. The first-order chi connectivity index (χ1) is 13.9. The molecule has 0 aliphatic carbocycles. The number of carbonyl (C=O) groups is 1. The molecule has 0 saturated carbocycles. The van der Waals surface area contributed by atoms with Crippen LogP contribution in [0.15, 0.2) is 24.3 Å². The molecule has 0 radical (unpaired) electrons. The van der Waals surface area contributed by atoms with E-state index >= 15 is 0 Å². The van der Waals surface area contributed by atoms with Crippen LogP contribution in [0.5, 0.6) is 0 Å². The number of benzene rings is 1. The molecule has 0 aliphatic rings. The molecule has 1 unspecified atom stereocenters. The maximum atomic E-state index is 12.3. The van der Waals surface area contributed by atoms with Crippen molar-refractivity contribution in [1.82, 2.24) is 19.8 Å². The molecule has 9 nitrogen and oxygen atoms in total. The third-order valence-corrected chi connectivity index (χ3v) is 6.48. The molecular weight excluding hydrogens is 430 g/mol. The van der Waals surface area contributed by atoms with Crippen LogP contribution in [-0.2, 0) is 25.0 Å². The lowest BCUT2D eigenvalue weighted by Crippen LogP contribution is -2.33. The zero-order valence-corrected chi connectivity index (χ0v) is 18.9. The number of hydrogen-bond acceptors (Lipinski definition) is 6. The Morgan fingerprint density at radius 1 is 1.30 bits per heavy atom. The van der Waals surface area contributed by atoms with Gasteiger partial charge in [-0.1, -0.05) is 32.4 Å². The minimum absolute atomic E-state index is 0.111. The van der Waals surface area contributed by atoms with E-state index in [9.17, 15) is 13.2 Å². The second kappa shape index (κ2) is 7.92. The number of hydrogen-bond donors (Lipinski definition) is 2. The van der Waals surface area contributed by atoms with Crippen LogP contribution in [0.4, 0.5) is 5.69 Å². The van der Waals surface area contributed by atoms with Crippen LogP contribution in [0.1, 0.15) is 40.3 Å². The van der Waals surface area contributed by atoms with Crippen molar-refractivity contribution < 1.29 is 17.9 Å². The van der Waals surface area contributed by atoms with E-state index < -0.39 is 21.2 Å². The SMILES string of the molecule is CCOC(=O)C(C)S(=O)(=O)Nc1ccc(-c2nc3c(Cl)c(C(C)(C)C)[nH]n3n2)cc1. The minimum Gasteiger partial charge on any atom is -0.465 e. The lowest BCUT2D eigenvalue weighted by Gasteiger charge is -2.16. The lowest BCUT2D eigenvalue weighted by atomic mass is 9.92. The minimum atomic E-state index is -3.93. The highest BCUT2D eigenvalue weighted by molar-refractivity contribution is 7.94. The molecule has 2 aromatic heterocycles. The molecule has 11 heteroatoms. The maximum absolute atomic E-state index is 12.3. The molecule has 0 bridgehead atoms. The first-order valence-electron chi connectivity index (χ1n) is 9.37. The van der Waals surface area contributed by atoms with Crippen molar-refractivity contribution in [3.63, 3.8) is 0 Å². The largest absolute Gasteiger partial charge is 0.465 e. The van der Waals surface area contributed by atoms with Crippen LogP contribution in [0.3, 0.4) is 0 Å². The van der Waals surface area contributed by atoms with Gasteiger partial charge in [-0.25, -0.2) is 13.4 Å². The Hall–Kier alpha value is -2.59. The molecule has 3 rings (SSSR count). The van der Waals surface area contributed by atoms with E-state index in [1.807, 2.05) is 20.8 Å². The number of H-pyrrole nitrogens is 1. The molecule has 0 saturated heterocycles. The lowest BCUT2D eigenvalue weighted by molar-refractivity contribution is -0.142. The first kappa shape index (κ1) is 22.1. The van der Waals surface area contributed by atoms with Gasteiger partial charge in [0, 0.05) is 16.7 Å². The molecule has 0 aliphatic heterocycles. The Balaban J connectivity index is 1.81. The van der Waals surface area contributed by atoms with Crippen molar-refractivity contribution in [3.8, 4) is 11.4 Å². The van der Waals surface area contributed by atoms with Gasteiger partial charge in [-0.15, -0.1) is 5.10 Å². The fourth-order valence-corrected chi connectivity index (χ4v) is 4.16. The van der Waals surface area contributed by atoms with E-state index in [0.29, 0.717) is 27.7 Å². The highest BCUT2D eigenvalue weighted by Gasteiger charge is 2.29. The van der Waals surface area contributed by atoms with Gasteiger partial charge in [-0.05, 0) is 38.1 Å². The van der Waals surface area contributed by atoms with E-state index in [2.05, 4.69) is 19.9 Å². The molecule has 0 spiro atoms. The predicted molar refractivity (Wildman–Crippen MR) is 115 cm³/mol. The molecular formula is C19H24ClN5O4S. The molecule has 1 aromatic carbocycles. The summed E-state index contributed by atoms with van der Waals surface area (Å²) in [6.45, 7) is 9.11. The van der Waals surface area contributed by atoms with Crippen LogP contribution in [0.2, 0.25) is 5.02 Å². The van der Waals surface area contributed by atoms with Crippen molar-refractivity contribution in [2.24, 2.45) is 0 Å². The van der Waals surface area contributed by atoms with Crippen molar-refractivity contribution in [2.45, 2.75) is 45.3 Å². The van der Waals surface area contributed by atoms with Crippen LogP contribution in [0, 0.1) is 0 Å². The van der Waals surface area contributed by atoms with Gasteiger partial charge in [-0.2, -0.15) is 4.63 Å². The van der Waals surface area contributed by atoms with Crippen LogP contribution >= 0.6 is 11.6 Å². The quantitative estimate of drug-likeness (QED) is 0.552. The number of aromatic amines is 1. The third-order valence-electron chi connectivity index (χ3n) is 4.48. The topological polar surface area (TPSA) is 118 Å². The monoisotopic (exact) mass is 453 g/mol. The number of aromatic nitrogens is 4. The summed E-state index contributed by atoms with van der Waals surface area (Å²) in [7, 11) is -3.93.